The second kappa shape index (κ2) is 8.14. The van der Waals surface area contributed by atoms with Crippen LogP contribution >= 0.6 is 11.6 Å². The fourth-order valence-electron chi connectivity index (χ4n) is 2.66. The van der Waals surface area contributed by atoms with Gasteiger partial charge in [0, 0.05) is 11.3 Å². The van der Waals surface area contributed by atoms with Gasteiger partial charge in [-0.05, 0) is 48.9 Å². The van der Waals surface area contributed by atoms with Crippen molar-refractivity contribution in [3.05, 3.63) is 76.3 Å². The van der Waals surface area contributed by atoms with E-state index in [-0.39, 0.29) is 16.5 Å². The lowest BCUT2D eigenvalue weighted by molar-refractivity contribution is -0.162. The summed E-state index contributed by atoms with van der Waals surface area (Å²) in [6.07, 6.45) is 0.315. The van der Waals surface area contributed by atoms with Crippen LogP contribution in [0.3, 0.4) is 0 Å². The van der Waals surface area contributed by atoms with E-state index >= 15 is 0 Å². The number of ether oxygens (including phenoxy) is 2. The lowest BCUT2D eigenvalue weighted by Crippen LogP contribution is -2.42. The number of carboxylic acid groups (broad SMARTS) is 1. The summed E-state index contributed by atoms with van der Waals surface area (Å²) in [5.74, 6) is -1.92. The average Bonchev–Trinajstić information content (AvgIpc) is 2.66. The Morgan fingerprint density at radius 3 is 2.54 bits per heavy atom. The molecule has 7 nitrogen and oxygen atoms in total. The van der Waals surface area contributed by atoms with Crippen molar-refractivity contribution in [2.75, 3.05) is 5.32 Å². The van der Waals surface area contributed by atoms with Gasteiger partial charge < -0.3 is 19.9 Å². The highest BCUT2D eigenvalue weighted by Gasteiger charge is 2.33. The second-order valence-corrected chi connectivity index (χ2v) is 6.51. The van der Waals surface area contributed by atoms with Gasteiger partial charge in [-0.2, -0.15) is 0 Å². The molecule has 0 bridgehead atoms. The molecule has 0 amide bonds. The van der Waals surface area contributed by atoms with Gasteiger partial charge in [0.25, 0.3) is 6.29 Å². The summed E-state index contributed by atoms with van der Waals surface area (Å²) >= 11 is 5.90. The van der Waals surface area contributed by atoms with E-state index in [0.29, 0.717) is 11.3 Å². The Bertz CT molecular complexity index is 955. The zero-order valence-electron chi connectivity index (χ0n) is 14.8. The average molecular weight is 401 g/mol. The topological polar surface area (TPSA) is 109 Å². The van der Waals surface area contributed by atoms with E-state index < -0.39 is 24.3 Å². The summed E-state index contributed by atoms with van der Waals surface area (Å²) in [5.41, 5.74) is 2.13. The van der Waals surface area contributed by atoms with Crippen molar-refractivity contribution < 1.29 is 24.2 Å². The standard InChI is InChI=1S/C20H17ClN2O5/c1-11-4-2-3-5-14(11)17(22)27-20-16(10-15(21)19(26)28-20)23-13-8-6-12(7-9-13)18(24)25/h2-10,16,20,22-23H,1H3,(H,24,25). The summed E-state index contributed by atoms with van der Waals surface area (Å²) in [6.45, 7) is 1.84. The molecule has 0 aliphatic carbocycles. The highest BCUT2D eigenvalue weighted by atomic mass is 35.5. The van der Waals surface area contributed by atoms with Gasteiger partial charge in [0.1, 0.15) is 11.1 Å². The van der Waals surface area contributed by atoms with Crippen LogP contribution in [0.5, 0.6) is 0 Å². The van der Waals surface area contributed by atoms with Crippen molar-refractivity contribution in [2.24, 2.45) is 0 Å². The Balaban J connectivity index is 1.80. The maximum Gasteiger partial charge on any atom is 0.352 e. The lowest BCUT2D eigenvalue weighted by Gasteiger charge is -2.30. The minimum Gasteiger partial charge on any atom is -0.478 e. The van der Waals surface area contributed by atoms with Gasteiger partial charge in [-0.25, -0.2) is 9.59 Å². The van der Waals surface area contributed by atoms with Crippen molar-refractivity contribution in [2.45, 2.75) is 19.3 Å². The minimum atomic E-state index is -1.12. The van der Waals surface area contributed by atoms with E-state index in [1.807, 2.05) is 19.1 Å². The first-order valence-electron chi connectivity index (χ1n) is 8.34. The van der Waals surface area contributed by atoms with Crippen LogP contribution in [0.2, 0.25) is 0 Å². The molecule has 2 aromatic carbocycles. The molecular weight excluding hydrogens is 384 g/mol. The fraction of sp³-hybridized carbons (Fsp3) is 0.150. The van der Waals surface area contributed by atoms with Crippen LogP contribution in [0.1, 0.15) is 21.5 Å². The Hall–Kier alpha value is -3.32. The van der Waals surface area contributed by atoms with Crippen molar-refractivity contribution in [3.63, 3.8) is 0 Å². The quantitative estimate of drug-likeness (QED) is 0.402. The molecule has 28 heavy (non-hydrogen) atoms. The second-order valence-electron chi connectivity index (χ2n) is 6.10. The predicted molar refractivity (Wildman–Crippen MR) is 104 cm³/mol. The molecule has 0 fully saturated rings. The smallest absolute Gasteiger partial charge is 0.352 e. The van der Waals surface area contributed by atoms with Crippen molar-refractivity contribution in [1.29, 1.82) is 5.41 Å². The van der Waals surface area contributed by atoms with Crippen LogP contribution in [-0.4, -0.2) is 35.3 Å². The van der Waals surface area contributed by atoms with Gasteiger partial charge in [0.2, 0.25) is 5.90 Å². The summed E-state index contributed by atoms with van der Waals surface area (Å²) in [6, 6.07) is 12.6. The molecule has 1 aliphatic heterocycles. The normalized spacial score (nSPS) is 18.6. The number of rotatable bonds is 5. The van der Waals surface area contributed by atoms with Crippen LogP contribution in [0.4, 0.5) is 5.69 Å². The number of carbonyl (C=O) groups excluding carboxylic acids is 1. The number of hydrogen-bond donors (Lipinski definition) is 3. The van der Waals surface area contributed by atoms with E-state index in [1.165, 1.54) is 18.2 Å². The van der Waals surface area contributed by atoms with Gasteiger partial charge >= 0.3 is 11.9 Å². The van der Waals surface area contributed by atoms with Gasteiger partial charge in [-0.1, -0.05) is 29.8 Å². The predicted octanol–water partition coefficient (Wildman–Crippen LogP) is 3.52. The third-order valence-electron chi connectivity index (χ3n) is 4.13. The first-order chi connectivity index (χ1) is 13.3. The number of carbonyl (C=O) groups is 2. The van der Waals surface area contributed by atoms with E-state index in [2.05, 4.69) is 5.32 Å². The van der Waals surface area contributed by atoms with E-state index in [0.717, 1.165) is 5.56 Å². The SMILES string of the molecule is Cc1ccccc1C(=N)OC1OC(=O)C(Cl)=CC1Nc1ccc(C(=O)O)cc1. The summed E-state index contributed by atoms with van der Waals surface area (Å²) in [5, 5.41) is 20.1. The number of carboxylic acids is 1. The number of cyclic esters (lactones) is 1. The number of nitrogens with one attached hydrogen (secondary N) is 2. The number of aryl methyl sites for hydroxylation is 1. The monoisotopic (exact) mass is 400 g/mol. The van der Waals surface area contributed by atoms with Gasteiger partial charge in [-0.15, -0.1) is 0 Å². The maximum absolute atomic E-state index is 11.8. The van der Waals surface area contributed by atoms with Crippen molar-refractivity contribution in [1.82, 2.24) is 0 Å². The van der Waals surface area contributed by atoms with Crippen molar-refractivity contribution in [3.8, 4) is 0 Å². The molecule has 2 aromatic rings. The zero-order valence-corrected chi connectivity index (χ0v) is 15.6. The van der Waals surface area contributed by atoms with Gasteiger partial charge in [0.15, 0.2) is 0 Å². The molecule has 0 spiro atoms. The Morgan fingerprint density at radius 1 is 1.21 bits per heavy atom. The largest absolute Gasteiger partial charge is 0.478 e. The number of anilines is 1. The minimum absolute atomic E-state index is 0.109. The first kappa shape index (κ1) is 19.4. The molecule has 0 aromatic heterocycles. The van der Waals surface area contributed by atoms with Crippen LogP contribution in [0, 0.1) is 12.3 Å². The number of halogens is 1. The number of esters is 1. The van der Waals surface area contributed by atoms with E-state index in [1.54, 1.807) is 24.3 Å². The molecule has 144 valence electrons. The van der Waals surface area contributed by atoms with Crippen LogP contribution < -0.4 is 5.32 Å². The third kappa shape index (κ3) is 4.32. The number of benzene rings is 2. The molecule has 1 heterocycles. The Kier molecular flexibility index (Phi) is 5.65. The number of aromatic carboxylic acids is 1. The highest BCUT2D eigenvalue weighted by Crippen LogP contribution is 2.23. The molecule has 2 unspecified atom stereocenters. The van der Waals surface area contributed by atoms with Crippen LogP contribution in [0.25, 0.3) is 0 Å². The van der Waals surface area contributed by atoms with E-state index in [9.17, 15) is 9.59 Å². The molecule has 0 saturated heterocycles. The number of hydrogen-bond acceptors (Lipinski definition) is 6. The summed E-state index contributed by atoms with van der Waals surface area (Å²) in [7, 11) is 0. The Morgan fingerprint density at radius 2 is 1.89 bits per heavy atom. The first-order valence-corrected chi connectivity index (χ1v) is 8.72. The maximum atomic E-state index is 11.8. The highest BCUT2D eigenvalue weighted by molar-refractivity contribution is 6.41. The molecule has 3 rings (SSSR count). The summed E-state index contributed by atoms with van der Waals surface area (Å²) < 4.78 is 10.8. The van der Waals surface area contributed by atoms with Gasteiger partial charge in [-0.3, -0.25) is 5.41 Å². The lowest BCUT2D eigenvalue weighted by atomic mass is 10.1. The Labute approximate surface area is 166 Å². The zero-order chi connectivity index (χ0) is 20.3. The van der Waals surface area contributed by atoms with Gasteiger partial charge in [0.05, 0.1) is 5.56 Å². The molecule has 0 saturated carbocycles. The fourth-order valence-corrected chi connectivity index (χ4v) is 2.84. The van der Waals surface area contributed by atoms with Crippen molar-refractivity contribution >= 4 is 35.1 Å². The molecule has 8 heteroatoms. The molecule has 0 radical (unpaired) electrons. The third-order valence-corrected chi connectivity index (χ3v) is 4.41. The van der Waals surface area contributed by atoms with E-state index in [4.69, 9.17) is 31.6 Å². The molecule has 2 atom stereocenters. The molecule has 3 N–H and O–H groups in total. The summed E-state index contributed by atoms with van der Waals surface area (Å²) in [4.78, 5) is 22.8. The van der Waals surface area contributed by atoms with Crippen LogP contribution in [0.15, 0.2) is 59.6 Å². The molecule has 1 aliphatic rings. The van der Waals surface area contributed by atoms with Crippen LogP contribution in [-0.2, 0) is 14.3 Å². The molecular formula is C20H17ClN2O5.